The minimum atomic E-state index is -3.91. The summed E-state index contributed by atoms with van der Waals surface area (Å²) in [7, 11) is -0.904. The van der Waals surface area contributed by atoms with Gasteiger partial charge in [-0.15, -0.1) is 11.3 Å². The number of methoxy groups -OCH3 is 1. The van der Waals surface area contributed by atoms with Crippen LogP contribution in [-0.2, 0) is 16.4 Å². The lowest BCUT2D eigenvalue weighted by molar-refractivity contribution is 0.102. The zero-order valence-electron chi connectivity index (χ0n) is 16.4. The number of hydrogen-bond acceptors (Lipinski definition) is 5. The SMILES string of the molecule is CCc1cccc(NC(=O)c2sccc2S(=O)(=O)N(C)c2ccc(OC)cc2)c1. The Kier molecular flexibility index (Phi) is 6.24. The van der Waals surface area contributed by atoms with Gasteiger partial charge < -0.3 is 10.1 Å². The summed E-state index contributed by atoms with van der Waals surface area (Å²) in [5, 5.41) is 4.40. The van der Waals surface area contributed by atoms with Gasteiger partial charge in [-0.2, -0.15) is 0 Å². The fourth-order valence-corrected chi connectivity index (χ4v) is 5.29. The van der Waals surface area contributed by atoms with Crippen LogP contribution < -0.4 is 14.4 Å². The van der Waals surface area contributed by atoms with Crippen LogP contribution in [0.25, 0.3) is 0 Å². The van der Waals surface area contributed by atoms with E-state index in [2.05, 4.69) is 5.32 Å². The number of thiophene rings is 1. The Morgan fingerprint density at radius 3 is 2.52 bits per heavy atom. The van der Waals surface area contributed by atoms with Crippen molar-refractivity contribution in [2.24, 2.45) is 0 Å². The summed E-state index contributed by atoms with van der Waals surface area (Å²) in [4.78, 5) is 12.9. The third-order valence-corrected chi connectivity index (χ3v) is 7.37. The Bertz CT molecular complexity index is 1110. The molecule has 0 radical (unpaired) electrons. The van der Waals surface area contributed by atoms with Crippen LogP contribution in [0.2, 0.25) is 0 Å². The molecule has 1 heterocycles. The van der Waals surface area contributed by atoms with E-state index < -0.39 is 15.9 Å². The maximum absolute atomic E-state index is 13.1. The molecular weight excluding hydrogens is 408 g/mol. The molecule has 0 unspecified atom stereocenters. The Morgan fingerprint density at radius 2 is 1.86 bits per heavy atom. The smallest absolute Gasteiger partial charge is 0.267 e. The topological polar surface area (TPSA) is 75.7 Å². The molecule has 3 aromatic rings. The second kappa shape index (κ2) is 8.67. The van der Waals surface area contributed by atoms with Crippen LogP contribution in [0.15, 0.2) is 64.9 Å². The molecule has 3 rings (SSSR count). The van der Waals surface area contributed by atoms with E-state index in [9.17, 15) is 13.2 Å². The number of hydrogen-bond donors (Lipinski definition) is 1. The van der Waals surface area contributed by atoms with Gasteiger partial charge in [-0.1, -0.05) is 19.1 Å². The van der Waals surface area contributed by atoms with Crippen LogP contribution in [-0.4, -0.2) is 28.5 Å². The highest BCUT2D eigenvalue weighted by molar-refractivity contribution is 7.93. The van der Waals surface area contributed by atoms with Crippen LogP contribution in [0.4, 0.5) is 11.4 Å². The van der Waals surface area contributed by atoms with Crippen molar-refractivity contribution in [2.75, 3.05) is 23.8 Å². The van der Waals surface area contributed by atoms with E-state index in [1.807, 2.05) is 25.1 Å². The van der Waals surface area contributed by atoms with E-state index >= 15 is 0 Å². The molecule has 152 valence electrons. The van der Waals surface area contributed by atoms with Crippen LogP contribution in [0.3, 0.4) is 0 Å². The van der Waals surface area contributed by atoms with Crippen LogP contribution in [0.1, 0.15) is 22.2 Å². The van der Waals surface area contributed by atoms with Crippen molar-refractivity contribution in [3.8, 4) is 5.75 Å². The Morgan fingerprint density at radius 1 is 1.14 bits per heavy atom. The lowest BCUT2D eigenvalue weighted by Crippen LogP contribution is -2.28. The molecule has 1 N–H and O–H groups in total. The van der Waals surface area contributed by atoms with E-state index in [4.69, 9.17) is 4.74 Å². The summed E-state index contributed by atoms with van der Waals surface area (Å²) in [6.07, 6.45) is 0.842. The molecule has 6 nitrogen and oxygen atoms in total. The molecule has 0 spiro atoms. The highest BCUT2D eigenvalue weighted by atomic mass is 32.2. The number of carbonyl (C=O) groups excluding carboxylic acids is 1. The van der Waals surface area contributed by atoms with E-state index in [0.29, 0.717) is 17.1 Å². The van der Waals surface area contributed by atoms with Gasteiger partial charge in [-0.3, -0.25) is 9.10 Å². The summed E-state index contributed by atoms with van der Waals surface area (Å²) < 4.78 is 32.6. The molecule has 0 fully saturated rings. The second-order valence-corrected chi connectivity index (χ2v) is 9.15. The van der Waals surface area contributed by atoms with Gasteiger partial charge in [0.2, 0.25) is 0 Å². The fourth-order valence-electron chi connectivity index (χ4n) is 2.80. The molecule has 0 bridgehead atoms. The minimum absolute atomic E-state index is 0.0232. The molecule has 0 saturated carbocycles. The molecule has 0 aliphatic carbocycles. The number of amides is 1. The number of rotatable bonds is 7. The summed E-state index contributed by atoms with van der Waals surface area (Å²) in [6, 6.07) is 15.6. The van der Waals surface area contributed by atoms with Crippen molar-refractivity contribution in [2.45, 2.75) is 18.2 Å². The molecule has 0 atom stereocenters. The summed E-state index contributed by atoms with van der Waals surface area (Å²) in [6.45, 7) is 2.03. The van der Waals surface area contributed by atoms with E-state index in [-0.39, 0.29) is 9.77 Å². The lowest BCUT2D eigenvalue weighted by Gasteiger charge is -2.20. The van der Waals surface area contributed by atoms with Gasteiger partial charge in [0.05, 0.1) is 12.8 Å². The Labute approximate surface area is 174 Å². The van der Waals surface area contributed by atoms with E-state index in [1.165, 1.54) is 13.1 Å². The first kappa shape index (κ1) is 20.9. The summed E-state index contributed by atoms with van der Waals surface area (Å²) in [5.41, 5.74) is 2.19. The van der Waals surface area contributed by atoms with Gasteiger partial charge in [0.1, 0.15) is 15.5 Å². The third kappa shape index (κ3) is 4.44. The first-order valence-corrected chi connectivity index (χ1v) is 11.3. The van der Waals surface area contributed by atoms with Crippen molar-refractivity contribution in [3.63, 3.8) is 0 Å². The average molecular weight is 431 g/mol. The fraction of sp³-hybridized carbons (Fsp3) is 0.190. The van der Waals surface area contributed by atoms with Crippen LogP contribution in [0, 0.1) is 0 Å². The van der Waals surface area contributed by atoms with Crippen molar-refractivity contribution < 1.29 is 17.9 Å². The maximum atomic E-state index is 13.1. The molecule has 0 aliphatic rings. The van der Waals surface area contributed by atoms with E-state index in [1.54, 1.807) is 42.8 Å². The first-order chi connectivity index (χ1) is 13.9. The first-order valence-electron chi connectivity index (χ1n) is 8.97. The highest BCUT2D eigenvalue weighted by Crippen LogP contribution is 2.29. The molecule has 2 aromatic carbocycles. The van der Waals surface area contributed by atoms with Gasteiger partial charge in [-0.05, 0) is 59.8 Å². The van der Waals surface area contributed by atoms with Crippen molar-refractivity contribution >= 4 is 38.6 Å². The largest absolute Gasteiger partial charge is 0.497 e. The monoisotopic (exact) mass is 430 g/mol. The van der Waals surface area contributed by atoms with Crippen molar-refractivity contribution in [1.82, 2.24) is 0 Å². The quantitative estimate of drug-likeness (QED) is 0.603. The number of nitrogens with zero attached hydrogens (tertiary/aromatic N) is 1. The van der Waals surface area contributed by atoms with E-state index in [0.717, 1.165) is 27.6 Å². The Balaban J connectivity index is 1.87. The number of benzene rings is 2. The van der Waals surface area contributed by atoms with Gasteiger partial charge >= 0.3 is 0 Å². The third-order valence-electron chi connectivity index (χ3n) is 4.50. The molecule has 8 heteroatoms. The molecule has 1 aromatic heterocycles. The normalized spacial score (nSPS) is 11.1. The van der Waals surface area contributed by atoms with Gasteiger partial charge in [0.25, 0.3) is 15.9 Å². The minimum Gasteiger partial charge on any atom is -0.497 e. The van der Waals surface area contributed by atoms with Gasteiger partial charge in [-0.25, -0.2) is 8.42 Å². The molecule has 29 heavy (non-hydrogen) atoms. The Hall–Kier alpha value is -2.84. The van der Waals surface area contributed by atoms with Crippen molar-refractivity contribution in [1.29, 1.82) is 0 Å². The van der Waals surface area contributed by atoms with Crippen LogP contribution in [0.5, 0.6) is 5.75 Å². The zero-order chi connectivity index (χ0) is 21.0. The number of aryl methyl sites for hydroxylation is 1. The van der Waals surface area contributed by atoms with Crippen molar-refractivity contribution in [3.05, 3.63) is 70.4 Å². The highest BCUT2D eigenvalue weighted by Gasteiger charge is 2.28. The zero-order valence-corrected chi connectivity index (χ0v) is 18.0. The molecule has 1 amide bonds. The van der Waals surface area contributed by atoms with Gasteiger partial charge in [0, 0.05) is 12.7 Å². The summed E-state index contributed by atoms with van der Waals surface area (Å²) >= 11 is 1.09. The average Bonchev–Trinajstić information content (AvgIpc) is 3.24. The molecule has 0 aliphatic heterocycles. The lowest BCUT2D eigenvalue weighted by atomic mass is 10.1. The van der Waals surface area contributed by atoms with Crippen LogP contribution >= 0.6 is 11.3 Å². The number of carbonyl (C=O) groups is 1. The predicted octanol–water partition coefficient (Wildman–Crippen LogP) is 4.40. The second-order valence-electron chi connectivity index (χ2n) is 6.29. The number of anilines is 2. The predicted molar refractivity (Wildman–Crippen MR) is 117 cm³/mol. The number of nitrogens with one attached hydrogen (secondary N) is 1. The number of sulfonamides is 1. The summed E-state index contributed by atoms with van der Waals surface area (Å²) in [5.74, 6) is 0.180. The molecular formula is C21H22N2O4S2. The maximum Gasteiger partial charge on any atom is 0.267 e. The molecule has 0 saturated heterocycles. The number of ether oxygens (including phenoxy) is 1. The van der Waals surface area contributed by atoms with Gasteiger partial charge in [0.15, 0.2) is 0 Å². The standard InChI is InChI=1S/C21H22N2O4S2/c1-4-15-6-5-7-16(14-15)22-21(24)20-19(12-13-28-20)29(25,26)23(2)17-8-10-18(27-3)11-9-17/h5-14H,4H2,1-3H3,(H,22,24).